The van der Waals surface area contributed by atoms with Gasteiger partial charge in [-0.1, -0.05) is 58.3 Å². The predicted molar refractivity (Wildman–Crippen MR) is 108 cm³/mol. The van der Waals surface area contributed by atoms with Gasteiger partial charge < -0.3 is 0 Å². The van der Waals surface area contributed by atoms with Crippen LogP contribution in [0.5, 0.6) is 0 Å². The Morgan fingerprint density at radius 2 is 1.36 bits per heavy atom. The third-order valence-corrected chi connectivity index (χ3v) is 8.28. The molecule has 0 aliphatic heterocycles. The monoisotopic (exact) mass is 392 g/mol. The highest BCUT2D eigenvalue weighted by molar-refractivity contribution is 5.33. The van der Waals surface area contributed by atoms with Gasteiger partial charge >= 0.3 is 0 Å². The second-order valence-corrected chi connectivity index (χ2v) is 10.1. The van der Waals surface area contributed by atoms with Gasteiger partial charge in [-0.2, -0.15) is 0 Å². The number of hydrogen-bond donors (Lipinski definition) is 0. The summed E-state index contributed by atoms with van der Waals surface area (Å²) in [7, 11) is 0. The highest BCUT2D eigenvalue weighted by atomic mass is 19.2. The number of rotatable bonds is 4. The molecule has 0 N–H and O–H groups in total. The summed E-state index contributed by atoms with van der Waals surface area (Å²) in [5.41, 5.74) is 1.13. The lowest BCUT2D eigenvalue weighted by atomic mass is 9.68. The molecule has 0 saturated heterocycles. The van der Waals surface area contributed by atoms with Gasteiger partial charge in [0.05, 0.1) is 0 Å². The van der Waals surface area contributed by atoms with E-state index in [4.69, 9.17) is 0 Å². The van der Waals surface area contributed by atoms with Crippen molar-refractivity contribution in [2.24, 2.45) is 29.6 Å². The summed E-state index contributed by atoms with van der Waals surface area (Å²) in [4.78, 5) is 0. The first-order chi connectivity index (χ1) is 13.5. The van der Waals surface area contributed by atoms with Crippen LogP contribution in [0.3, 0.4) is 0 Å². The minimum atomic E-state index is -1.30. The second-order valence-electron chi connectivity index (χ2n) is 10.1. The average Bonchev–Trinajstić information content (AvgIpc) is 2.72. The molecule has 3 aliphatic rings. The SMILES string of the molecule is CC1CCC(CCC2CCC(C3CCc4c(cc(F)c(F)c4F)C3)CC2)CC1. The number of halogens is 3. The van der Waals surface area contributed by atoms with Crippen molar-refractivity contribution in [3.63, 3.8) is 0 Å². The van der Waals surface area contributed by atoms with Crippen molar-refractivity contribution >= 4 is 0 Å². The number of fused-ring (bicyclic) bond motifs is 1. The van der Waals surface area contributed by atoms with Gasteiger partial charge in [0.15, 0.2) is 17.5 Å². The molecule has 1 unspecified atom stereocenters. The highest BCUT2D eigenvalue weighted by Crippen LogP contribution is 2.42. The molecule has 0 bridgehead atoms. The summed E-state index contributed by atoms with van der Waals surface area (Å²) in [6, 6.07) is 1.25. The van der Waals surface area contributed by atoms with Gasteiger partial charge in [0.2, 0.25) is 0 Å². The largest absolute Gasteiger partial charge is 0.204 e. The maximum absolute atomic E-state index is 14.0. The molecule has 4 rings (SSSR count). The topological polar surface area (TPSA) is 0 Å². The van der Waals surface area contributed by atoms with Crippen LogP contribution in [0.4, 0.5) is 13.2 Å². The molecule has 3 aliphatic carbocycles. The molecule has 0 radical (unpaired) electrons. The zero-order chi connectivity index (χ0) is 19.7. The lowest BCUT2D eigenvalue weighted by molar-refractivity contribution is 0.172. The van der Waals surface area contributed by atoms with Crippen LogP contribution in [-0.4, -0.2) is 0 Å². The summed E-state index contributed by atoms with van der Waals surface area (Å²) < 4.78 is 41.1. The summed E-state index contributed by atoms with van der Waals surface area (Å²) in [6.07, 6.45) is 15.9. The van der Waals surface area contributed by atoms with E-state index in [0.29, 0.717) is 29.4 Å². The van der Waals surface area contributed by atoms with Crippen LogP contribution in [0.2, 0.25) is 0 Å². The molecule has 1 aromatic carbocycles. The van der Waals surface area contributed by atoms with E-state index in [0.717, 1.165) is 30.6 Å². The zero-order valence-electron chi connectivity index (χ0n) is 17.3. The fraction of sp³-hybridized carbons (Fsp3) is 0.760. The average molecular weight is 393 g/mol. The Morgan fingerprint density at radius 3 is 2.00 bits per heavy atom. The third kappa shape index (κ3) is 4.44. The van der Waals surface area contributed by atoms with E-state index in [-0.39, 0.29) is 0 Å². The van der Waals surface area contributed by atoms with Crippen molar-refractivity contribution < 1.29 is 13.2 Å². The van der Waals surface area contributed by atoms with Crippen molar-refractivity contribution in [2.75, 3.05) is 0 Å². The van der Waals surface area contributed by atoms with E-state index < -0.39 is 17.5 Å². The first-order valence-corrected chi connectivity index (χ1v) is 11.7. The Bertz CT molecular complexity index is 667. The molecule has 28 heavy (non-hydrogen) atoms. The quantitative estimate of drug-likeness (QED) is 0.462. The Morgan fingerprint density at radius 1 is 0.750 bits per heavy atom. The Hall–Kier alpha value is -0.990. The molecule has 1 aromatic rings. The van der Waals surface area contributed by atoms with Crippen molar-refractivity contribution in [3.05, 3.63) is 34.6 Å². The molecule has 0 amide bonds. The summed E-state index contributed by atoms with van der Waals surface area (Å²) >= 11 is 0. The van der Waals surface area contributed by atoms with Crippen molar-refractivity contribution in [2.45, 2.75) is 90.4 Å². The van der Waals surface area contributed by atoms with Crippen LogP contribution in [0.25, 0.3) is 0 Å². The first kappa shape index (κ1) is 20.3. The molecule has 0 heterocycles. The van der Waals surface area contributed by atoms with Gasteiger partial charge in [-0.25, -0.2) is 13.2 Å². The van der Waals surface area contributed by atoms with Gasteiger partial charge in [0.25, 0.3) is 0 Å². The Balaban J connectivity index is 1.25. The van der Waals surface area contributed by atoms with Crippen LogP contribution in [0.15, 0.2) is 6.07 Å². The van der Waals surface area contributed by atoms with Crippen LogP contribution in [-0.2, 0) is 12.8 Å². The molecular weight excluding hydrogens is 357 g/mol. The number of benzene rings is 1. The smallest absolute Gasteiger partial charge is 0.194 e. The maximum atomic E-state index is 14.0. The van der Waals surface area contributed by atoms with E-state index in [1.165, 1.54) is 70.3 Å². The minimum absolute atomic E-state index is 0.422. The molecule has 2 fully saturated rings. The third-order valence-electron chi connectivity index (χ3n) is 8.28. The van der Waals surface area contributed by atoms with Gasteiger partial charge in [0, 0.05) is 0 Å². The lowest BCUT2D eigenvalue weighted by Gasteiger charge is -2.37. The fourth-order valence-corrected chi connectivity index (χ4v) is 6.29. The van der Waals surface area contributed by atoms with Gasteiger partial charge in [0.1, 0.15) is 0 Å². The Labute approximate surface area is 168 Å². The molecule has 0 spiro atoms. The normalized spacial score (nSPS) is 33.5. The van der Waals surface area contributed by atoms with E-state index in [9.17, 15) is 13.2 Å². The van der Waals surface area contributed by atoms with Crippen molar-refractivity contribution in [1.29, 1.82) is 0 Å². The molecule has 156 valence electrons. The van der Waals surface area contributed by atoms with E-state index >= 15 is 0 Å². The van der Waals surface area contributed by atoms with E-state index in [1.807, 2.05) is 0 Å². The molecule has 3 heteroatoms. The van der Waals surface area contributed by atoms with Gasteiger partial charge in [-0.05, 0) is 78.9 Å². The summed E-state index contributed by atoms with van der Waals surface area (Å²) in [5, 5.41) is 0. The molecule has 0 nitrogen and oxygen atoms in total. The van der Waals surface area contributed by atoms with Gasteiger partial charge in [-0.3, -0.25) is 0 Å². The Kier molecular flexibility index (Phi) is 6.37. The second kappa shape index (κ2) is 8.79. The molecule has 1 atom stereocenters. The number of hydrogen-bond acceptors (Lipinski definition) is 0. The van der Waals surface area contributed by atoms with Crippen LogP contribution in [0.1, 0.15) is 88.7 Å². The minimum Gasteiger partial charge on any atom is -0.204 e. The van der Waals surface area contributed by atoms with Crippen LogP contribution >= 0.6 is 0 Å². The fourth-order valence-electron chi connectivity index (χ4n) is 6.29. The van der Waals surface area contributed by atoms with Crippen molar-refractivity contribution in [1.82, 2.24) is 0 Å². The first-order valence-electron chi connectivity index (χ1n) is 11.7. The molecule has 2 saturated carbocycles. The standard InChI is InChI=1S/C25H35F3/c1-16-2-4-17(5-3-16)6-7-18-8-10-19(11-9-18)20-12-13-22-21(14-20)15-23(26)25(28)24(22)27/h15-20H,2-14H2,1H3. The van der Waals surface area contributed by atoms with E-state index in [2.05, 4.69) is 6.92 Å². The molecule has 0 aromatic heterocycles. The summed E-state index contributed by atoms with van der Waals surface area (Å²) in [5.74, 6) is 0.695. The zero-order valence-corrected chi connectivity index (χ0v) is 17.3. The van der Waals surface area contributed by atoms with E-state index in [1.54, 1.807) is 0 Å². The highest BCUT2D eigenvalue weighted by Gasteiger charge is 2.32. The summed E-state index contributed by atoms with van der Waals surface area (Å²) in [6.45, 7) is 2.39. The van der Waals surface area contributed by atoms with Gasteiger partial charge in [-0.15, -0.1) is 0 Å². The maximum Gasteiger partial charge on any atom is 0.194 e. The molecular formula is C25H35F3. The van der Waals surface area contributed by atoms with Crippen LogP contribution in [0, 0.1) is 47.0 Å². The van der Waals surface area contributed by atoms with Crippen molar-refractivity contribution in [3.8, 4) is 0 Å². The van der Waals surface area contributed by atoms with Crippen LogP contribution < -0.4 is 0 Å². The lowest BCUT2D eigenvalue weighted by Crippen LogP contribution is -2.27. The predicted octanol–water partition coefficient (Wildman–Crippen LogP) is 7.62.